The van der Waals surface area contributed by atoms with E-state index in [1.54, 1.807) is 54.5 Å². The van der Waals surface area contributed by atoms with E-state index in [0.717, 1.165) is 0 Å². The Balaban J connectivity index is 1.46. The summed E-state index contributed by atoms with van der Waals surface area (Å²) in [6, 6.07) is 9.67. The standard InChI is InChI=1S/C20H20FN7O/c1-14-13-17(26-19(24-14)25-16-6-3-2-5-15(16)21)18(29)27-9-11-28(12-10-27)20-22-7-4-8-23-20/h2-8,13H,9-12H2,1H3,(H,24,25,26). The first-order chi connectivity index (χ1) is 14.1. The Morgan fingerprint density at radius 2 is 1.76 bits per heavy atom. The highest BCUT2D eigenvalue weighted by Crippen LogP contribution is 2.18. The molecule has 8 nitrogen and oxygen atoms in total. The Labute approximate surface area is 167 Å². The number of carbonyl (C=O) groups excluding carboxylic acids is 1. The summed E-state index contributed by atoms with van der Waals surface area (Å²) >= 11 is 0. The number of amides is 1. The lowest BCUT2D eigenvalue weighted by Crippen LogP contribution is -2.49. The molecular weight excluding hydrogens is 373 g/mol. The molecule has 0 atom stereocenters. The van der Waals surface area contributed by atoms with Crippen LogP contribution in [0.15, 0.2) is 48.8 Å². The summed E-state index contributed by atoms with van der Waals surface area (Å²) in [5, 5.41) is 2.85. The third kappa shape index (κ3) is 4.29. The maximum atomic E-state index is 13.9. The minimum atomic E-state index is -0.412. The molecule has 3 aromatic rings. The Hall–Kier alpha value is -3.62. The highest BCUT2D eigenvalue weighted by atomic mass is 19.1. The van der Waals surface area contributed by atoms with Crippen LogP contribution >= 0.6 is 0 Å². The van der Waals surface area contributed by atoms with E-state index in [4.69, 9.17) is 0 Å². The molecule has 0 radical (unpaired) electrons. The molecule has 0 saturated carbocycles. The van der Waals surface area contributed by atoms with E-state index in [-0.39, 0.29) is 23.2 Å². The van der Waals surface area contributed by atoms with Gasteiger partial charge in [-0.05, 0) is 31.2 Å². The molecular formula is C20H20FN7O. The molecule has 0 spiro atoms. The zero-order chi connectivity index (χ0) is 20.2. The molecule has 2 aromatic heterocycles. The summed E-state index contributed by atoms with van der Waals surface area (Å²) in [6.07, 6.45) is 3.40. The number of hydrogen-bond acceptors (Lipinski definition) is 7. The third-order valence-electron chi connectivity index (χ3n) is 4.60. The molecule has 1 saturated heterocycles. The minimum Gasteiger partial charge on any atom is -0.337 e. The van der Waals surface area contributed by atoms with E-state index in [1.807, 2.05) is 4.90 Å². The monoisotopic (exact) mass is 393 g/mol. The van der Waals surface area contributed by atoms with Crippen molar-refractivity contribution in [2.24, 2.45) is 0 Å². The molecule has 1 fully saturated rings. The highest BCUT2D eigenvalue weighted by Gasteiger charge is 2.24. The van der Waals surface area contributed by atoms with E-state index in [1.165, 1.54) is 6.07 Å². The first kappa shape index (κ1) is 18.7. The van der Waals surface area contributed by atoms with Crippen molar-refractivity contribution >= 4 is 23.5 Å². The van der Waals surface area contributed by atoms with Crippen molar-refractivity contribution < 1.29 is 9.18 Å². The van der Waals surface area contributed by atoms with Crippen LogP contribution in [0.5, 0.6) is 0 Å². The Morgan fingerprint density at radius 1 is 1.03 bits per heavy atom. The van der Waals surface area contributed by atoms with Crippen molar-refractivity contribution in [2.75, 3.05) is 36.4 Å². The summed E-state index contributed by atoms with van der Waals surface area (Å²) < 4.78 is 13.9. The molecule has 9 heteroatoms. The largest absolute Gasteiger partial charge is 0.337 e. The fraction of sp³-hybridized carbons (Fsp3) is 0.250. The third-order valence-corrected chi connectivity index (χ3v) is 4.60. The number of halogens is 1. The van der Waals surface area contributed by atoms with Gasteiger partial charge in [-0.25, -0.2) is 24.3 Å². The van der Waals surface area contributed by atoms with Gasteiger partial charge in [-0.2, -0.15) is 0 Å². The van der Waals surface area contributed by atoms with Crippen LogP contribution in [0.25, 0.3) is 0 Å². The average Bonchev–Trinajstić information content (AvgIpc) is 2.75. The fourth-order valence-electron chi connectivity index (χ4n) is 3.14. The van der Waals surface area contributed by atoms with Crippen molar-refractivity contribution in [3.05, 3.63) is 66.0 Å². The quantitative estimate of drug-likeness (QED) is 0.728. The number of aryl methyl sites for hydroxylation is 1. The molecule has 0 aliphatic carbocycles. The second-order valence-corrected chi connectivity index (χ2v) is 6.65. The first-order valence-corrected chi connectivity index (χ1v) is 9.28. The van der Waals surface area contributed by atoms with Crippen LogP contribution in [0.2, 0.25) is 0 Å². The molecule has 1 aliphatic rings. The van der Waals surface area contributed by atoms with Gasteiger partial charge in [-0.15, -0.1) is 0 Å². The number of piperazine rings is 1. The van der Waals surface area contributed by atoms with E-state index in [9.17, 15) is 9.18 Å². The number of carbonyl (C=O) groups is 1. The van der Waals surface area contributed by atoms with Gasteiger partial charge in [0.05, 0.1) is 5.69 Å². The van der Waals surface area contributed by atoms with Crippen molar-refractivity contribution in [3.8, 4) is 0 Å². The number of aromatic nitrogens is 4. The van der Waals surface area contributed by atoms with Gasteiger partial charge < -0.3 is 15.1 Å². The van der Waals surface area contributed by atoms with Crippen LogP contribution < -0.4 is 10.2 Å². The number of nitrogens with one attached hydrogen (secondary N) is 1. The first-order valence-electron chi connectivity index (χ1n) is 9.28. The molecule has 0 bridgehead atoms. The molecule has 1 aromatic carbocycles. The summed E-state index contributed by atoms with van der Waals surface area (Å²) in [5.41, 5.74) is 1.16. The van der Waals surface area contributed by atoms with E-state index in [0.29, 0.717) is 37.8 Å². The normalized spacial score (nSPS) is 14.0. The number of anilines is 3. The molecule has 0 unspecified atom stereocenters. The predicted molar refractivity (Wildman–Crippen MR) is 107 cm³/mol. The van der Waals surface area contributed by atoms with Crippen molar-refractivity contribution in [1.29, 1.82) is 0 Å². The average molecular weight is 393 g/mol. The Morgan fingerprint density at radius 3 is 2.48 bits per heavy atom. The smallest absolute Gasteiger partial charge is 0.272 e. The lowest BCUT2D eigenvalue weighted by Gasteiger charge is -2.34. The van der Waals surface area contributed by atoms with E-state index in [2.05, 4.69) is 25.3 Å². The van der Waals surface area contributed by atoms with Gasteiger partial charge in [0, 0.05) is 44.3 Å². The maximum absolute atomic E-state index is 13.9. The number of rotatable bonds is 4. The SMILES string of the molecule is Cc1cc(C(=O)N2CCN(c3ncccn3)CC2)nc(Nc2ccccc2F)n1. The molecule has 3 heterocycles. The summed E-state index contributed by atoms with van der Waals surface area (Å²) in [5.74, 6) is 0.258. The zero-order valence-electron chi connectivity index (χ0n) is 15.9. The van der Waals surface area contributed by atoms with Crippen LogP contribution in [-0.2, 0) is 0 Å². The predicted octanol–water partition coefficient (Wildman–Crippen LogP) is 2.42. The van der Waals surface area contributed by atoms with E-state index >= 15 is 0 Å². The second-order valence-electron chi connectivity index (χ2n) is 6.65. The second kappa shape index (κ2) is 8.17. The number of para-hydroxylation sites is 1. The number of nitrogens with zero attached hydrogens (tertiary/aromatic N) is 6. The fourth-order valence-corrected chi connectivity index (χ4v) is 3.14. The molecule has 29 heavy (non-hydrogen) atoms. The molecule has 4 rings (SSSR count). The van der Waals surface area contributed by atoms with Gasteiger partial charge in [0.1, 0.15) is 11.5 Å². The molecule has 1 N–H and O–H groups in total. The van der Waals surface area contributed by atoms with Crippen molar-refractivity contribution in [3.63, 3.8) is 0 Å². The van der Waals surface area contributed by atoms with Crippen LogP contribution in [0.1, 0.15) is 16.2 Å². The Kier molecular flexibility index (Phi) is 5.28. The van der Waals surface area contributed by atoms with E-state index < -0.39 is 5.82 Å². The highest BCUT2D eigenvalue weighted by molar-refractivity contribution is 5.93. The van der Waals surface area contributed by atoms with Crippen molar-refractivity contribution in [1.82, 2.24) is 24.8 Å². The van der Waals surface area contributed by atoms with Gasteiger partial charge in [-0.3, -0.25) is 4.79 Å². The lowest BCUT2D eigenvalue weighted by atomic mass is 10.2. The van der Waals surface area contributed by atoms with Gasteiger partial charge in [0.2, 0.25) is 11.9 Å². The van der Waals surface area contributed by atoms with Gasteiger partial charge in [0.15, 0.2) is 0 Å². The molecule has 148 valence electrons. The lowest BCUT2D eigenvalue weighted by molar-refractivity contribution is 0.0740. The van der Waals surface area contributed by atoms with Crippen LogP contribution in [0.3, 0.4) is 0 Å². The van der Waals surface area contributed by atoms with Crippen LogP contribution in [-0.4, -0.2) is 56.9 Å². The zero-order valence-corrected chi connectivity index (χ0v) is 15.9. The van der Waals surface area contributed by atoms with Crippen LogP contribution in [0.4, 0.5) is 22.0 Å². The van der Waals surface area contributed by atoms with Crippen molar-refractivity contribution in [2.45, 2.75) is 6.92 Å². The van der Waals surface area contributed by atoms with Gasteiger partial charge in [-0.1, -0.05) is 12.1 Å². The molecule has 1 aliphatic heterocycles. The number of benzene rings is 1. The summed E-state index contributed by atoms with van der Waals surface area (Å²) in [7, 11) is 0. The molecule has 1 amide bonds. The maximum Gasteiger partial charge on any atom is 0.272 e. The topological polar surface area (TPSA) is 87.1 Å². The van der Waals surface area contributed by atoms with Crippen LogP contribution in [0, 0.1) is 12.7 Å². The summed E-state index contributed by atoms with van der Waals surface area (Å²) in [4.78, 5) is 33.8. The van der Waals surface area contributed by atoms with Gasteiger partial charge in [0.25, 0.3) is 5.91 Å². The minimum absolute atomic E-state index is 0.180. The van der Waals surface area contributed by atoms with Gasteiger partial charge >= 0.3 is 0 Å². The summed E-state index contributed by atoms with van der Waals surface area (Å²) in [6.45, 7) is 4.13. The number of hydrogen-bond donors (Lipinski definition) is 1. The Bertz CT molecular complexity index is 1010.